The van der Waals surface area contributed by atoms with Gasteiger partial charge in [0, 0.05) is 5.41 Å². The van der Waals surface area contributed by atoms with Crippen LogP contribution in [-0.2, 0) is 5.41 Å². The Morgan fingerprint density at radius 1 is 1.38 bits per heavy atom. The van der Waals surface area contributed by atoms with E-state index < -0.39 is 0 Å². The monoisotopic (exact) mass is 220 g/mol. The van der Waals surface area contributed by atoms with Crippen LogP contribution in [-0.4, -0.2) is 18.8 Å². The van der Waals surface area contributed by atoms with Crippen molar-refractivity contribution in [2.45, 2.75) is 32.6 Å². The molecule has 2 nitrogen and oxygen atoms in total. The molecule has 1 aliphatic rings. The molecule has 1 aliphatic carbocycles. The molecule has 2 rings (SSSR count). The van der Waals surface area contributed by atoms with Gasteiger partial charge < -0.3 is 9.84 Å². The molecule has 0 heterocycles. The maximum Gasteiger partial charge on any atom is 0.119 e. The smallest absolute Gasteiger partial charge is 0.119 e. The van der Waals surface area contributed by atoms with Crippen molar-refractivity contribution in [3.8, 4) is 5.75 Å². The van der Waals surface area contributed by atoms with Gasteiger partial charge in [-0.05, 0) is 42.0 Å². The topological polar surface area (TPSA) is 29.5 Å². The minimum Gasteiger partial charge on any atom is -0.497 e. The van der Waals surface area contributed by atoms with Crippen LogP contribution in [0.3, 0.4) is 0 Å². The first-order valence-corrected chi connectivity index (χ1v) is 5.73. The van der Waals surface area contributed by atoms with E-state index in [1.807, 2.05) is 12.1 Å². The first-order valence-electron chi connectivity index (χ1n) is 5.73. The molecular formula is C14H20O2. The van der Waals surface area contributed by atoms with Gasteiger partial charge in [-0.3, -0.25) is 0 Å². The van der Waals surface area contributed by atoms with Crippen molar-refractivity contribution in [3.63, 3.8) is 0 Å². The van der Waals surface area contributed by atoms with E-state index in [9.17, 15) is 5.11 Å². The van der Waals surface area contributed by atoms with E-state index in [1.165, 1.54) is 11.1 Å². The van der Waals surface area contributed by atoms with Crippen LogP contribution in [0.1, 0.15) is 31.4 Å². The predicted molar refractivity (Wildman–Crippen MR) is 64.9 cm³/mol. The van der Waals surface area contributed by atoms with Gasteiger partial charge in [-0.15, -0.1) is 0 Å². The van der Waals surface area contributed by atoms with Crippen LogP contribution >= 0.6 is 0 Å². The molecule has 0 saturated heterocycles. The van der Waals surface area contributed by atoms with E-state index in [-0.39, 0.29) is 17.4 Å². The molecule has 0 radical (unpaired) electrons. The van der Waals surface area contributed by atoms with Gasteiger partial charge in [0.15, 0.2) is 0 Å². The highest BCUT2D eigenvalue weighted by Crippen LogP contribution is 2.64. The van der Waals surface area contributed by atoms with Gasteiger partial charge in [0.05, 0.1) is 13.7 Å². The molecule has 0 amide bonds. The summed E-state index contributed by atoms with van der Waals surface area (Å²) in [6.07, 6.45) is 1.06. The van der Waals surface area contributed by atoms with Crippen molar-refractivity contribution in [3.05, 3.63) is 29.3 Å². The Morgan fingerprint density at radius 3 is 2.38 bits per heavy atom. The van der Waals surface area contributed by atoms with Crippen molar-refractivity contribution >= 4 is 0 Å². The second-order valence-corrected chi connectivity index (χ2v) is 5.48. The number of ether oxygens (including phenoxy) is 1. The fourth-order valence-corrected chi connectivity index (χ4v) is 2.83. The summed E-state index contributed by atoms with van der Waals surface area (Å²) >= 11 is 0. The maximum absolute atomic E-state index is 9.67. The first kappa shape index (κ1) is 11.5. The van der Waals surface area contributed by atoms with Crippen molar-refractivity contribution in [1.29, 1.82) is 0 Å². The van der Waals surface area contributed by atoms with E-state index in [4.69, 9.17) is 4.74 Å². The van der Waals surface area contributed by atoms with Gasteiger partial charge in [-0.2, -0.15) is 0 Å². The highest BCUT2D eigenvalue weighted by atomic mass is 16.5. The van der Waals surface area contributed by atoms with E-state index in [0.717, 1.165) is 12.2 Å². The highest BCUT2D eigenvalue weighted by molar-refractivity contribution is 5.45. The Hall–Kier alpha value is -1.02. The number of methoxy groups -OCH3 is 1. The lowest BCUT2D eigenvalue weighted by Gasteiger charge is -2.21. The lowest BCUT2D eigenvalue weighted by Crippen LogP contribution is -2.20. The second-order valence-electron chi connectivity index (χ2n) is 5.48. The van der Waals surface area contributed by atoms with Crippen LogP contribution in [0.5, 0.6) is 5.75 Å². The lowest BCUT2D eigenvalue weighted by molar-refractivity contribution is 0.231. The van der Waals surface area contributed by atoms with Gasteiger partial charge in [0.2, 0.25) is 0 Å². The average Bonchev–Trinajstić information content (AvgIpc) is 2.81. The summed E-state index contributed by atoms with van der Waals surface area (Å²) in [5.41, 5.74) is 2.64. The molecule has 0 bridgehead atoms. The number of hydrogen-bond donors (Lipinski definition) is 1. The van der Waals surface area contributed by atoms with Crippen LogP contribution in [0.15, 0.2) is 18.2 Å². The summed E-state index contributed by atoms with van der Waals surface area (Å²) < 4.78 is 5.21. The normalized spacial score (nSPS) is 26.6. The summed E-state index contributed by atoms with van der Waals surface area (Å²) in [5, 5.41) is 9.67. The number of rotatable bonds is 3. The molecule has 1 aromatic rings. The van der Waals surface area contributed by atoms with Crippen LogP contribution in [0.4, 0.5) is 0 Å². The summed E-state index contributed by atoms with van der Waals surface area (Å²) in [5.74, 6) is 0.882. The molecule has 1 atom stereocenters. The number of aliphatic hydroxyl groups is 1. The van der Waals surface area contributed by atoms with Crippen LogP contribution in [0.25, 0.3) is 0 Å². The van der Waals surface area contributed by atoms with Crippen molar-refractivity contribution in [1.82, 2.24) is 0 Å². The summed E-state index contributed by atoms with van der Waals surface area (Å²) in [6.45, 7) is 6.75. The summed E-state index contributed by atoms with van der Waals surface area (Å²) in [4.78, 5) is 0. The van der Waals surface area contributed by atoms with Crippen LogP contribution < -0.4 is 4.74 Å². The molecule has 1 fully saturated rings. The Labute approximate surface area is 97.3 Å². The quantitative estimate of drug-likeness (QED) is 0.848. The molecule has 0 aromatic heterocycles. The van der Waals surface area contributed by atoms with Crippen molar-refractivity contribution in [2.24, 2.45) is 5.41 Å². The zero-order valence-corrected chi connectivity index (χ0v) is 10.5. The Morgan fingerprint density at radius 2 is 2.00 bits per heavy atom. The van der Waals surface area contributed by atoms with E-state index in [0.29, 0.717) is 0 Å². The average molecular weight is 220 g/mol. The van der Waals surface area contributed by atoms with Gasteiger partial charge in [-0.1, -0.05) is 19.9 Å². The van der Waals surface area contributed by atoms with Crippen molar-refractivity contribution in [2.75, 3.05) is 13.7 Å². The van der Waals surface area contributed by atoms with E-state index in [2.05, 4.69) is 26.8 Å². The number of aryl methyl sites for hydroxylation is 1. The molecule has 1 saturated carbocycles. The molecule has 0 aliphatic heterocycles. The largest absolute Gasteiger partial charge is 0.497 e. The van der Waals surface area contributed by atoms with Gasteiger partial charge in [0.25, 0.3) is 0 Å². The third-order valence-electron chi connectivity index (χ3n) is 4.13. The molecule has 1 N–H and O–H groups in total. The number of aliphatic hydroxyl groups excluding tert-OH is 1. The number of benzene rings is 1. The third-order valence-corrected chi connectivity index (χ3v) is 4.13. The van der Waals surface area contributed by atoms with Crippen LogP contribution in [0.2, 0.25) is 0 Å². The van der Waals surface area contributed by atoms with Gasteiger partial charge >= 0.3 is 0 Å². The molecule has 1 aromatic carbocycles. The fraction of sp³-hybridized carbons (Fsp3) is 0.571. The molecule has 16 heavy (non-hydrogen) atoms. The number of hydrogen-bond acceptors (Lipinski definition) is 2. The zero-order chi connectivity index (χ0) is 12.0. The lowest BCUT2D eigenvalue weighted by atomic mass is 9.86. The minimum absolute atomic E-state index is 0.0383. The Bertz CT molecular complexity index is 409. The molecule has 88 valence electrons. The highest BCUT2D eigenvalue weighted by Gasteiger charge is 2.61. The van der Waals surface area contributed by atoms with Crippen LogP contribution in [0, 0.1) is 12.3 Å². The Balaban J connectivity index is 2.42. The Kier molecular flexibility index (Phi) is 2.50. The van der Waals surface area contributed by atoms with E-state index >= 15 is 0 Å². The fourth-order valence-electron chi connectivity index (χ4n) is 2.83. The van der Waals surface area contributed by atoms with E-state index in [1.54, 1.807) is 7.11 Å². The second kappa shape index (κ2) is 3.49. The third kappa shape index (κ3) is 1.44. The van der Waals surface area contributed by atoms with Crippen molar-refractivity contribution < 1.29 is 9.84 Å². The summed E-state index contributed by atoms with van der Waals surface area (Å²) in [6, 6.07) is 6.12. The minimum atomic E-state index is -0.0383. The van der Waals surface area contributed by atoms with Gasteiger partial charge in [0.1, 0.15) is 5.75 Å². The molecule has 2 heteroatoms. The summed E-state index contributed by atoms with van der Waals surface area (Å²) in [7, 11) is 1.68. The molecule has 0 spiro atoms. The standard InChI is InChI=1S/C14H20O2/c1-10-7-11(16-4)5-6-12(10)14(9-15)8-13(14,2)3/h5-7,15H,8-9H2,1-4H3. The SMILES string of the molecule is COc1ccc(C2(CO)CC2(C)C)c(C)c1. The zero-order valence-electron chi connectivity index (χ0n) is 10.5. The molecular weight excluding hydrogens is 200 g/mol. The maximum atomic E-state index is 9.67. The predicted octanol–water partition coefficient (Wildman–Crippen LogP) is 2.66. The van der Waals surface area contributed by atoms with Gasteiger partial charge in [-0.25, -0.2) is 0 Å². The molecule has 1 unspecified atom stereocenters. The first-order chi connectivity index (χ1) is 7.47.